The third kappa shape index (κ3) is 8.84. The Morgan fingerprint density at radius 2 is 0.595 bits per heavy atom. The number of hydrogen-bond acceptors (Lipinski definition) is 9. The molecule has 0 amide bonds. The number of nitrogens with zero attached hydrogens (tertiary/aromatic N) is 11. The third-order valence-electron chi connectivity index (χ3n) is 14.9. The van der Waals surface area contributed by atoms with Gasteiger partial charge in [-0.25, -0.2) is 0 Å². The lowest BCUT2D eigenvalue weighted by Crippen LogP contribution is -2.08. The summed E-state index contributed by atoms with van der Waals surface area (Å²) in [6, 6.07) is 68.8. The van der Waals surface area contributed by atoms with Crippen LogP contribution in [0.15, 0.2) is 182 Å². The van der Waals surface area contributed by atoms with E-state index in [1.165, 1.54) is 36.4 Å². The monoisotopic (exact) mass is 1080 g/mol. The Kier molecular flexibility index (Phi) is 12.5. The van der Waals surface area contributed by atoms with Gasteiger partial charge in [0.05, 0.1) is 144 Å². The predicted molar refractivity (Wildman–Crippen MR) is 310 cm³/mol. The molecule has 0 N–H and O–H groups in total. The number of rotatable bonds is 7. The van der Waals surface area contributed by atoms with Crippen molar-refractivity contribution in [2.24, 2.45) is 0 Å². The first-order valence-corrected chi connectivity index (χ1v) is 25.5. The number of hydrogen-bond donors (Lipinski definition) is 0. The Morgan fingerprint density at radius 3 is 0.881 bits per heavy atom. The van der Waals surface area contributed by atoms with E-state index in [-0.39, 0.29) is 66.9 Å². The van der Waals surface area contributed by atoms with Crippen LogP contribution in [0.1, 0.15) is 55.6 Å². The lowest BCUT2D eigenvalue weighted by molar-refractivity contribution is -0.137. The number of aromatic nitrogens is 2. The summed E-state index contributed by atoms with van der Waals surface area (Å²) in [5.41, 5.74) is 8.81. The summed E-state index contributed by atoms with van der Waals surface area (Å²) in [7, 11) is 0. The smallest absolute Gasteiger partial charge is 0.309 e. The van der Waals surface area contributed by atoms with Crippen LogP contribution in [0.2, 0.25) is 0 Å². The van der Waals surface area contributed by atoms with Crippen molar-refractivity contribution in [3.8, 4) is 122 Å². The van der Waals surface area contributed by atoms with Crippen LogP contribution >= 0.6 is 0 Å². The van der Waals surface area contributed by atoms with Crippen molar-refractivity contribution in [1.82, 2.24) is 9.13 Å². The number of nitriles is 9. The van der Waals surface area contributed by atoms with E-state index >= 15 is 13.2 Å². The molecular weight excluding hydrogens is 1050 g/mol. The summed E-state index contributed by atoms with van der Waals surface area (Å²) in [5, 5.41) is 93.2. The van der Waals surface area contributed by atoms with E-state index in [0.29, 0.717) is 93.8 Å². The number of fused-ring (bicyclic) bond motifs is 6. The first kappa shape index (κ1) is 51.7. The first-order valence-electron chi connectivity index (χ1n) is 25.5. The van der Waals surface area contributed by atoms with Gasteiger partial charge in [0.2, 0.25) is 0 Å². The van der Waals surface area contributed by atoms with E-state index in [4.69, 9.17) is 0 Å². The maximum absolute atomic E-state index is 15.4. The van der Waals surface area contributed by atoms with E-state index in [1.54, 1.807) is 84.9 Å². The van der Waals surface area contributed by atoms with Crippen molar-refractivity contribution >= 4 is 43.6 Å². The van der Waals surface area contributed by atoms with Crippen molar-refractivity contribution in [2.75, 3.05) is 0 Å². The summed E-state index contributed by atoms with van der Waals surface area (Å²) in [5.74, 6) is 0. The quantitative estimate of drug-likeness (QED) is 0.148. The zero-order chi connectivity index (χ0) is 58.6. The van der Waals surface area contributed by atoms with E-state index in [0.717, 1.165) is 12.1 Å². The lowest BCUT2D eigenvalue weighted by atomic mass is 9.94. The van der Waals surface area contributed by atoms with Gasteiger partial charge in [-0.15, -0.1) is 0 Å². The maximum Gasteiger partial charge on any atom is 0.416 e. The normalized spacial score (nSPS) is 10.9. The largest absolute Gasteiger partial charge is 0.416 e. The Morgan fingerprint density at radius 1 is 0.286 bits per heavy atom. The topological polar surface area (TPSA) is 224 Å². The highest BCUT2D eigenvalue weighted by Crippen LogP contribution is 2.46. The molecule has 0 aliphatic heterocycles. The van der Waals surface area contributed by atoms with Gasteiger partial charge in [-0.05, 0) is 196 Å². The molecule has 386 valence electrons. The fourth-order valence-corrected chi connectivity index (χ4v) is 11.2. The van der Waals surface area contributed by atoms with Gasteiger partial charge in [-0.1, -0.05) is 30.3 Å². The molecule has 11 nitrogen and oxygen atoms in total. The molecule has 12 rings (SSSR count). The van der Waals surface area contributed by atoms with Crippen molar-refractivity contribution in [2.45, 2.75) is 6.18 Å². The zero-order valence-corrected chi connectivity index (χ0v) is 43.4. The Labute approximate surface area is 476 Å². The zero-order valence-electron chi connectivity index (χ0n) is 43.4. The average Bonchev–Trinajstić information content (AvgIpc) is 3.90. The molecular formula is C70H30F3N11. The van der Waals surface area contributed by atoms with Crippen LogP contribution in [0.3, 0.4) is 0 Å². The summed E-state index contributed by atoms with van der Waals surface area (Å²) >= 11 is 0. The molecule has 0 atom stereocenters. The van der Waals surface area contributed by atoms with Crippen LogP contribution in [0.25, 0.3) is 111 Å². The van der Waals surface area contributed by atoms with Gasteiger partial charge in [-0.2, -0.15) is 60.5 Å². The molecule has 0 saturated carbocycles. The summed E-state index contributed by atoms with van der Waals surface area (Å²) in [6.45, 7) is 0. The summed E-state index contributed by atoms with van der Waals surface area (Å²) in [4.78, 5) is 0. The van der Waals surface area contributed by atoms with E-state index in [9.17, 15) is 47.4 Å². The number of benzene rings is 10. The Hall–Kier alpha value is -13.0. The molecule has 2 aromatic heterocycles. The molecule has 0 aliphatic rings. The van der Waals surface area contributed by atoms with Gasteiger partial charge in [0.1, 0.15) is 0 Å². The van der Waals surface area contributed by atoms with E-state index < -0.39 is 11.7 Å². The maximum atomic E-state index is 15.4. The highest BCUT2D eigenvalue weighted by atomic mass is 19.4. The molecule has 0 unspecified atom stereocenters. The van der Waals surface area contributed by atoms with Crippen molar-refractivity contribution in [3.05, 3.63) is 238 Å². The molecule has 0 fully saturated rings. The highest BCUT2D eigenvalue weighted by molar-refractivity contribution is 6.14. The van der Waals surface area contributed by atoms with E-state index in [2.05, 4.69) is 54.6 Å². The second kappa shape index (κ2) is 20.3. The van der Waals surface area contributed by atoms with Crippen molar-refractivity contribution < 1.29 is 13.2 Å². The summed E-state index contributed by atoms with van der Waals surface area (Å²) < 4.78 is 49.8. The molecule has 0 aliphatic carbocycles. The first-order chi connectivity index (χ1) is 40.8. The van der Waals surface area contributed by atoms with Crippen LogP contribution in [0.5, 0.6) is 0 Å². The highest BCUT2D eigenvalue weighted by Gasteiger charge is 2.33. The van der Waals surface area contributed by atoms with Crippen LogP contribution in [-0.2, 0) is 6.18 Å². The van der Waals surface area contributed by atoms with Gasteiger partial charge in [0, 0.05) is 32.7 Å². The minimum Gasteiger partial charge on any atom is -0.309 e. The molecule has 12 aromatic rings. The fraction of sp³-hybridized carbons (Fsp3) is 0.0143. The Balaban J connectivity index is 1.17. The van der Waals surface area contributed by atoms with Crippen LogP contribution in [0, 0.1) is 102 Å². The minimum atomic E-state index is -4.86. The van der Waals surface area contributed by atoms with Gasteiger partial charge in [0.15, 0.2) is 0 Å². The van der Waals surface area contributed by atoms with Gasteiger partial charge < -0.3 is 9.13 Å². The van der Waals surface area contributed by atoms with Crippen molar-refractivity contribution in [3.63, 3.8) is 0 Å². The molecule has 0 saturated heterocycles. The Bertz CT molecular complexity index is 4930. The second-order valence-corrected chi connectivity index (χ2v) is 19.7. The van der Waals surface area contributed by atoms with Crippen LogP contribution in [0.4, 0.5) is 13.2 Å². The number of halogens is 3. The molecule has 0 radical (unpaired) electrons. The van der Waals surface area contributed by atoms with Gasteiger partial charge in [0.25, 0.3) is 0 Å². The molecule has 14 heteroatoms. The molecule has 2 heterocycles. The SMILES string of the molecule is N#Cc1cc(C#N)cc(-c2ccc3c(c2)c2cc(-c4cc(C#N)cc(C#N)c4)ccc2n3-c2ccc(C(F)(F)F)cc2-c2c(C#N)cccc2-n2c3ccc(-c4cc(C#N)cc(C#N)c4)cc3c3cc(-c4cc(C#N)cc(C#N)c4)ccc32)c1. The van der Waals surface area contributed by atoms with Crippen molar-refractivity contribution in [1.29, 1.82) is 47.4 Å². The molecule has 84 heavy (non-hydrogen) atoms. The third-order valence-corrected chi connectivity index (χ3v) is 14.9. The predicted octanol–water partition coefficient (Wildman–Crippen LogP) is 16.1. The number of alkyl halides is 3. The van der Waals surface area contributed by atoms with Gasteiger partial charge >= 0.3 is 6.18 Å². The summed E-state index contributed by atoms with van der Waals surface area (Å²) in [6.07, 6.45) is -4.86. The lowest BCUT2D eigenvalue weighted by Gasteiger charge is -2.21. The van der Waals surface area contributed by atoms with Crippen LogP contribution < -0.4 is 0 Å². The fourth-order valence-electron chi connectivity index (χ4n) is 11.2. The van der Waals surface area contributed by atoms with Crippen LogP contribution in [-0.4, -0.2) is 9.13 Å². The molecule has 0 bridgehead atoms. The minimum absolute atomic E-state index is 0.0302. The second-order valence-electron chi connectivity index (χ2n) is 19.7. The van der Waals surface area contributed by atoms with Gasteiger partial charge in [-0.3, -0.25) is 0 Å². The van der Waals surface area contributed by atoms with E-state index in [1.807, 2.05) is 57.7 Å². The molecule has 0 spiro atoms. The molecule has 10 aromatic carbocycles. The standard InChI is InChI=1S/C70H30F3N11/c71-70(72,73)57-8-13-67(83-63-9-4-48(53-18-40(31-74)14-41(19-53)32-75)26-58(63)59-27-49(5-10-64(59)83)54-20-42(33-76)15-43(21-54)34-77)62(30-57)69-52(39-82)2-1-3-68(69)84-65-11-6-50(55-22-44(35-78)16-45(23-55)36-79)28-60(65)61-29-51(7-12-66(61)84)56-24-46(37-80)17-47(25-56)38-81/h1-30H. The average molecular weight is 1080 g/mol.